The number of rotatable bonds is 5. The molecule has 152 valence electrons. The first-order valence-electron chi connectivity index (χ1n) is 11.1. The molecule has 0 aromatic heterocycles. The van der Waals surface area contributed by atoms with Crippen LogP contribution in [0.15, 0.2) is 30.3 Å². The summed E-state index contributed by atoms with van der Waals surface area (Å²) in [7, 11) is 0. The topological polar surface area (TPSA) is 52.6 Å². The van der Waals surface area contributed by atoms with Crippen LogP contribution in [0.3, 0.4) is 0 Å². The van der Waals surface area contributed by atoms with Gasteiger partial charge < -0.3 is 10.2 Å². The number of hydroxylamine groups is 3. The van der Waals surface area contributed by atoms with E-state index in [1.807, 2.05) is 0 Å². The molecule has 5 nitrogen and oxygen atoms in total. The summed E-state index contributed by atoms with van der Waals surface area (Å²) in [5.41, 5.74) is 1.62. The van der Waals surface area contributed by atoms with E-state index >= 15 is 0 Å². The van der Waals surface area contributed by atoms with Crippen LogP contribution < -0.4 is 5.32 Å². The van der Waals surface area contributed by atoms with Gasteiger partial charge in [-0.1, -0.05) is 37.3 Å². The molecule has 0 spiro atoms. The lowest BCUT2D eigenvalue weighted by Crippen LogP contribution is -2.71. The third-order valence-electron chi connectivity index (χ3n) is 7.83. The van der Waals surface area contributed by atoms with E-state index in [9.17, 15) is 10.0 Å². The van der Waals surface area contributed by atoms with E-state index in [-0.39, 0.29) is 27.9 Å². The molecule has 6 rings (SSSR count). The largest absolute Gasteiger partial charge is 0.352 e. The molecule has 1 aromatic carbocycles. The molecule has 2 unspecified atom stereocenters. The maximum atomic E-state index is 13.2. The molecule has 5 aliphatic rings. The monoisotopic (exact) mass is 384 g/mol. The highest BCUT2D eigenvalue weighted by Crippen LogP contribution is 2.55. The van der Waals surface area contributed by atoms with E-state index in [2.05, 4.69) is 47.5 Å². The van der Waals surface area contributed by atoms with Gasteiger partial charge in [-0.15, -0.1) is 0 Å². The third kappa shape index (κ3) is 3.49. The maximum absolute atomic E-state index is 13.2. The predicted molar refractivity (Wildman–Crippen MR) is 108 cm³/mol. The number of piperidine rings is 3. The molecule has 4 saturated heterocycles. The Bertz CT molecular complexity index is 701. The van der Waals surface area contributed by atoms with Crippen molar-refractivity contribution >= 4 is 5.91 Å². The molecule has 28 heavy (non-hydrogen) atoms. The van der Waals surface area contributed by atoms with Crippen LogP contribution in [0, 0.1) is 23.2 Å². The summed E-state index contributed by atoms with van der Waals surface area (Å²) in [5, 5.41) is 14.2. The number of quaternary nitrogens is 1. The molecule has 1 amide bonds. The van der Waals surface area contributed by atoms with Crippen molar-refractivity contribution in [2.24, 2.45) is 23.2 Å². The van der Waals surface area contributed by atoms with Gasteiger partial charge in [0.25, 0.3) is 0 Å². The normalized spacial score (nSPS) is 42.1. The van der Waals surface area contributed by atoms with Gasteiger partial charge in [-0.3, -0.25) is 4.79 Å². The molecule has 4 heterocycles. The Hall–Kier alpha value is -1.43. The molecule has 4 bridgehead atoms. The Morgan fingerprint density at radius 2 is 1.96 bits per heavy atom. The third-order valence-corrected chi connectivity index (χ3v) is 7.83. The number of carbonyl (C=O) groups excluding carboxylic acids is 1. The molecular weight excluding hydrogens is 350 g/mol. The van der Waals surface area contributed by atoms with Gasteiger partial charge in [0.15, 0.2) is 0 Å². The van der Waals surface area contributed by atoms with Gasteiger partial charge in [0.05, 0.1) is 5.92 Å². The minimum atomic E-state index is 0.116. The number of hydrogen-bond acceptors (Lipinski definition) is 3. The lowest BCUT2D eigenvalue weighted by Gasteiger charge is -2.60. The van der Waals surface area contributed by atoms with Gasteiger partial charge in [-0.25, -0.2) is 5.21 Å². The first kappa shape index (κ1) is 18.6. The molecule has 2 N–H and O–H groups in total. The highest BCUT2D eigenvalue weighted by molar-refractivity contribution is 5.80. The second-order valence-corrected chi connectivity index (χ2v) is 10.4. The molecule has 3 atom stereocenters. The van der Waals surface area contributed by atoms with E-state index in [1.54, 1.807) is 0 Å². The molecule has 4 aliphatic heterocycles. The fraction of sp³-hybridized carbons (Fsp3) is 0.696. The average molecular weight is 385 g/mol. The molecule has 5 fully saturated rings. The summed E-state index contributed by atoms with van der Waals surface area (Å²) in [4.78, 5) is 15.6. The lowest BCUT2D eigenvalue weighted by atomic mass is 9.55. The SMILES string of the molecule is CC12CC3C[N+](O)(CC(C1)C3C(=O)N[C@H]1CCN(CCc3ccccc3)C1)C2. The summed E-state index contributed by atoms with van der Waals surface area (Å²) in [6.45, 7) is 7.85. The summed E-state index contributed by atoms with van der Waals surface area (Å²) in [5.74, 6) is 1.09. The molecule has 5 heteroatoms. The van der Waals surface area contributed by atoms with Gasteiger partial charge in [0.2, 0.25) is 5.91 Å². The fourth-order valence-electron chi connectivity index (χ4n) is 7.07. The number of benzene rings is 1. The van der Waals surface area contributed by atoms with E-state index < -0.39 is 0 Å². The van der Waals surface area contributed by atoms with Gasteiger partial charge in [0, 0.05) is 42.9 Å². The average Bonchev–Trinajstić information content (AvgIpc) is 3.05. The van der Waals surface area contributed by atoms with Crippen LogP contribution in [-0.4, -0.2) is 66.0 Å². The van der Waals surface area contributed by atoms with Crippen molar-refractivity contribution in [2.45, 2.75) is 38.6 Å². The van der Waals surface area contributed by atoms with Crippen LogP contribution in [0.25, 0.3) is 0 Å². The van der Waals surface area contributed by atoms with Crippen LogP contribution in [0.4, 0.5) is 0 Å². The number of nitrogens with one attached hydrogen (secondary N) is 1. The molecule has 0 radical (unpaired) electrons. The van der Waals surface area contributed by atoms with E-state index in [4.69, 9.17) is 0 Å². The lowest BCUT2D eigenvalue weighted by molar-refractivity contribution is -1.12. The summed E-state index contributed by atoms with van der Waals surface area (Å²) >= 11 is 0. The van der Waals surface area contributed by atoms with Gasteiger partial charge in [-0.2, -0.15) is 4.65 Å². The van der Waals surface area contributed by atoms with Crippen LogP contribution in [0.1, 0.15) is 31.7 Å². The maximum Gasteiger partial charge on any atom is 0.224 e. The zero-order valence-corrected chi connectivity index (χ0v) is 17.0. The smallest absolute Gasteiger partial charge is 0.224 e. The van der Waals surface area contributed by atoms with Crippen LogP contribution in [-0.2, 0) is 11.2 Å². The van der Waals surface area contributed by atoms with Gasteiger partial charge in [0.1, 0.15) is 19.6 Å². The minimum absolute atomic E-state index is 0.116. The van der Waals surface area contributed by atoms with Gasteiger partial charge in [-0.05, 0) is 31.2 Å². The quantitative estimate of drug-likeness (QED) is 0.766. The summed E-state index contributed by atoms with van der Waals surface area (Å²) < 4.78 is 0.215. The number of likely N-dealkylation sites (tertiary alicyclic amines) is 1. The predicted octanol–water partition coefficient (Wildman–Crippen LogP) is 2.30. The Labute approximate surface area is 168 Å². The van der Waals surface area contributed by atoms with E-state index in [0.717, 1.165) is 65.0 Å². The van der Waals surface area contributed by atoms with Crippen molar-refractivity contribution in [1.82, 2.24) is 10.2 Å². The Balaban J connectivity index is 1.15. The highest BCUT2D eigenvalue weighted by Gasteiger charge is 2.62. The summed E-state index contributed by atoms with van der Waals surface area (Å²) in [6, 6.07) is 10.9. The van der Waals surface area contributed by atoms with Crippen molar-refractivity contribution < 1.29 is 14.6 Å². The molecule has 1 aromatic rings. The van der Waals surface area contributed by atoms with Gasteiger partial charge >= 0.3 is 0 Å². The van der Waals surface area contributed by atoms with E-state index in [0.29, 0.717) is 11.8 Å². The highest BCUT2D eigenvalue weighted by atomic mass is 16.5. The molecule has 1 aliphatic carbocycles. The Kier molecular flexibility index (Phi) is 4.53. The Morgan fingerprint density at radius 1 is 1.25 bits per heavy atom. The number of amides is 1. The summed E-state index contributed by atoms with van der Waals surface area (Å²) in [6.07, 6.45) is 4.34. The number of carbonyl (C=O) groups is 1. The zero-order valence-electron chi connectivity index (χ0n) is 17.0. The van der Waals surface area contributed by atoms with Crippen molar-refractivity contribution in [3.05, 3.63) is 35.9 Å². The molecule has 1 saturated carbocycles. The zero-order chi connectivity index (χ0) is 19.4. The van der Waals surface area contributed by atoms with Crippen molar-refractivity contribution in [3.8, 4) is 0 Å². The standard InChI is InChI=1S/C23H33N3O2/c1-23-11-18-14-26(28,16-23)15-19(12-23)21(18)22(27)24-20-8-10-25(13-20)9-7-17-5-3-2-4-6-17/h2-6,18-21,28H,7-16H2,1H3/p+1/t18?,19?,20-,21?,23?,26?/m0/s1. The van der Waals surface area contributed by atoms with Crippen LogP contribution in [0.2, 0.25) is 0 Å². The minimum Gasteiger partial charge on any atom is -0.352 e. The van der Waals surface area contributed by atoms with Crippen molar-refractivity contribution in [2.75, 3.05) is 39.3 Å². The molecular formula is C23H34N3O2+. The number of nitrogens with zero attached hydrogens (tertiary/aromatic N) is 2. The number of hydrogen-bond donors (Lipinski definition) is 2. The second-order valence-electron chi connectivity index (χ2n) is 10.4. The van der Waals surface area contributed by atoms with Crippen LogP contribution >= 0.6 is 0 Å². The van der Waals surface area contributed by atoms with Crippen LogP contribution in [0.5, 0.6) is 0 Å². The van der Waals surface area contributed by atoms with Crippen molar-refractivity contribution in [3.63, 3.8) is 0 Å². The first-order chi connectivity index (χ1) is 13.4. The Morgan fingerprint density at radius 3 is 2.64 bits per heavy atom. The fourth-order valence-corrected chi connectivity index (χ4v) is 7.07. The first-order valence-corrected chi connectivity index (χ1v) is 11.1. The van der Waals surface area contributed by atoms with Crippen molar-refractivity contribution in [1.29, 1.82) is 0 Å². The van der Waals surface area contributed by atoms with E-state index in [1.165, 1.54) is 5.56 Å². The second kappa shape index (κ2) is 6.82.